The molecule has 1 aromatic rings. The molecule has 1 atom stereocenters. The standard InChI is InChI=1S/C12H14O4/c1-9(7-8-11(13)14)16-12(15)10-5-3-2-4-6-10/h2-6,9H,7-8H2,1H3,(H,13,14). The Balaban J connectivity index is 2.43. The topological polar surface area (TPSA) is 63.6 Å². The van der Waals surface area contributed by atoms with Gasteiger partial charge in [0.25, 0.3) is 0 Å². The number of rotatable bonds is 5. The first-order valence-electron chi connectivity index (χ1n) is 5.07. The number of carbonyl (C=O) groups excluding carboxylic acids is 1. The van der Waals surface area contributed by atoms with E-state index in [9.17, 15) is 9.59 Å². The van der Waals surface area contributed by atoms with Crippen molar-refractivity contribution in [3.05, 3.63) is 35.9 Å². The SMILES string of the molecule is CC(CCC(=O)O)OC(=O)c1ccccc1. The lowest BCUT2D eigenvalue weighted by Crippen LogP contribution is -2.16. The lowest BCUT2D eigenvalue weighted by atomic mass is 10.2. The predicted molar refractivity (Wildman–Crippen MR) is 58.2 cm³/mol. The minimum Gasteiger partial charge on any atom is -0.481 e. The molecule has 0 aromatic heterocycles. The van der Waals surface area contributed by atoms with Crippen molar-refractivity contribution in [3.8, 4) is 0 Å². The number of aliphatic carboxylic acids is 1. The fourth-order valence-corrected chi connectivity index (χ4v) is 1.21. The summed E-state index contributed by atoms with van der Waals surface area (Å²) in [7, 11) is 0. The molecule has 0 amide bonds. The van der Waals surface area contributed by atoms with E-state index in [0.29, 0.717) is 12.0 Å². The fourth-order valence-electron chi connectivity index (χ4n) is 1.21. The van der Waals surface area contributed by atoms with Crippen LogP contribution in [0.4, 0.5) is 0 Å². The Morgan fingerprint density at radius 2 is 1.94 bits per heavy atom. The van der Waals surface area contributed by atoms with E-state index in [0.717, 1.165) is 0 Å². The van der Waals surface area contributed by atoms with Crippen molar-refractivity contribution in [2.24, 2.45) is 0 Å². The molecular weight excluding hydrogens is 208 g/mol. The van der Waals surface area contributed by atoms with Crippen LogP contribution in [-0.2, 0) is 9.53 Å². The van der Waals surface area contributed by atoms with Gasteiger partial charge in [-0.1, -0.05) is 18.2 Å². The van der Waals surface area contributed by atoms with Crippen LogP contribution < -0.4 is 0 Å². The van der Waals surface area contributed by atoms with Gasteiger partial charge >= 0.3 is 11.9 Å². The van der Waals surface area contributed by atoms with Gasteiger partial charge in [0.15, 0.2) is 0 Å². The molecule has 0 saturated carbocycles. The van der Waals surface area contributed by atoms with Gasteiger partial charge in [-0.25, -0.2) is 4.79 Å². The molecule has 4 nitrogen and oxygen atoms in total. The second-order valence-corrected chi connectivity index (χ2v) is 3.51. The first-order chi connectivity index (χ1) is 7.59. The van der Waals surface area contributed by atoms with Crippen LogP contribution in [0.2, 0.25) is 0 Å². The maximum Gasteiger partial charge on any atom is 0.338 e. The molecule has 1 aromatic carbocycles. The zero-order valence-electron chi connectivity index (χ0n) is 9.05. The van der Waals surface area contributed by atoms with E-state index in [1.165, 1.54) is 0 Å². The summed E-state index contributed by atoms with van der Waals surface area (Å²) in [5, 5.41) is 8.47. The zero-order chi connectivity index (χ0) is 12.0. The molecule has 0 heterocycles. The monoisotopic (exact) mass is 222 g/mol. The molecule has 1 unspecified atom stereocenters. The molecule has 1 rings (SSSR count). The molecule has 0 aliphatic heterocycles. The van der Waals surface area contributed by atoms with Gasteiger partial charge in [0, 0.05) is 6.42 Å². The van der Waals surface area contributed by atoms with Crippen molar-refractivity contribution < 1.29 is 19.4 Å². The summed E-state index contributed by atoms with van der Waals surface area (Å²) < 4.78 is 5.08. The average molecular weight is 222 g/mol. The molecule has 16 heavy (non-hydrogen) atoms. The molecule has 0 bridgehead atoms. The molecule has 0 radical (unpaired) electrons. The van der Waals surface area contributed by atoms with Gasteiger partial charge in [0.1, 0.15) is 0 Å². The summed E-state index contributed by atoms with van der Waals surface area (Å²) >= 11 is 0. The zero-order valence-corrected chi connectivity index (χ0v) is 9.05. The highest BCUT2D eigenvalue weighted by molar-refractivity contribution is 5.89. The number of hydrogen-bond donors (Lipinski definition) is 1. The fraction of sp³-hybridized carbons (Fsp3) is 0.333. The van der Waals surface area contributed by atoms with E-state index in [1.807, 2.05) is 6.07 Å². The number of carboxylic acids is 1. The third-order valence-corrected chi connectivity index (χ3v) is 2.08. The van der Waals surface area contributed by atoms with E-state index >= 15 is 0 Å². The summed E-state index contributed by atoms with van der Waals surface area (Å²) in [4.78, 5) is 21.8. The van der Waals surface area contributed by atoms with E-state index in [2.05, 4.69) is 0 Å². The minimum absolute atomic E-state index is 0.00321. The van der Waals surface area contributed by atoms with Gasteiger partial charge in [-0.2, -0.15) is 0 Å². The van der Waals surface area contributed by atoms with Crippen LogP contribution in [-0.4, -0.2) is 23.1 Å². The van der Waals surface area contributed by atoms with Crippen molar-refractivity contribution in [1.29, 1.82) is 0 Å². The van der Waals surface area contributed by atoms with Crippen molar-refractivity contribution in [3.63, 3.8) is 0 Å². The molecule has 4 heteroatoms. The maximum absolute atomic E-state index is 11.5. The van der Waals surface area contributed by atoms with Crippen LogP contribution >= 0.6 is 0 Å². The normalized spacial score (nSPS) is 11.8. The van der Waals surface area contributed by atoms with Crippen LogP contribution in [0.3, 0.4) is 0 Å². The van der Waals surface area contributed by atoms with Crippen molar-refractivity contribution >= 4 is 11.9 Å². The summed E-state index contributed by atoms with van der Waals surface area (Å²) in [5.41, 5.74) is 0.477. The molecule has 0 saturated heterocycles. The van der Waals surface area contributed by atoms with Crippen LogP contribution in [0.15, 0.2) is 30.3 Å². The van der Waals surface area contributed by atoms with Gasteiger partial charge in [-0.05, 0) is 25.5 Å². The lowest BCUT2D eigenvalue weighted by molar-refractivity contribution is -0.137. The summed E-state index contributed by atoms with van der Waals surface area (Å²) in [5.74, 6) is -1.30. The quantitative estimate of drug-likeness (QED) is 0.775. The van der Waals surface area contributed by atoms with Crippen LogP contribution in [0.25, 0.3) is 0 Å². The molecular formula is C12H14O4. The largest absolute Gasteiger partial charge is 0.481 e. The smallest absolute Gasteiger partial charge is 0.338 e. The number of carboxylic acid groups (broad SMARTS) is 1. The number of carbonyl (C=O) groups is 2. The van der Waals surface area contributed by atoms with Gasteiger partial charge in [0.2, 0.25) is 0 Å². The van der Waals surface area contributed by atoms with E-state index in [-0.39, 0.29) is 12.5 Å². The Morgan fingerprint density at radius 1 is 1.31 bits per heavy atom. The van der Waals surface area contributed by atoms with Crippen molar-refractivity contribution in [2.75, 3.05) is 0 Å². The molecule has 0 aliphatic carbocycles. The third kappa shape index (κ3) is 4.13. The van der Waals surface area contributed by atoms with E-state index < -0.39 is 11.9 Å². The number of benzene rings is 1. The number of esters is 1. The van der Waals surface area contributed by atoms with Crippen molar-refractivity contribution in [1.82, 2.24) is 0 Å². The minimum atomic E-state index is -0.886. The molecule has 86 valence electrons. The number of hydrogen-bond acceptors (Lipinski definition) is 3. The first kappa shape index (κ1) is 12.2. The number of ether oxygens (including phenoxy) is 1. The van der Waals surface area contributed by atoms with E-state index in [4.69, 9.17) is 9.84 Å². The van der Waals surface area contributed by atoms with Gasteiger partial charge < -0.3 is 9.84 Å². The van der Waals surface area contributed by atoms with Crippen LogP contribution in [0, 0.1) is 0 Å². The second kappa shape index (κ2) is 5.90. The molecule has 1 N–H and O–H groups in total. The second-order valence-electron chi connectivity index (χ2n) is 3.51. The lowest BCUT2D eigenvalue weighted by Gasteiger charge is -2.11. The van der Waals surface area contributed by atoms with Gasteiger partial charge in [-0.15, -0.1) is 0 Å². The first-order valence-corrected chi connectivity index (χ1v) is 5.07. The molecule has 0 fully saturated rings. The molecule has 0 spiro atoms. The summed E-state index contributed by atoms with van der Waals surface area (Å²) in [6.45, 7) is 1.68. The Kier molecular flexibility index (Phi) is 4.51. The summed E-state index contributed by atoms with van der Waals surface area (Å²) in [6, 6.07) is 8.63. The van der Waals surface area contributed by atoms with Gasteiger partial charge in [0.05, 0.1) is 11.7 Å². The Bertz CT molecular complexity index is 359. The highest BCUT2D eigenvalue weighted by atomic mass is 16.5. The van der Waals surface area contributed by atoms with Crippen LogP contribution in [0.5, 0.6) is 0 Å². The highest BCUT2D eigenvalue weighted by Gasteiger charge is 2.12. The third-order valence-electron chi connectivity index (χ3n) is 2.08. The van der Waals surface area contributed by atoms with Crippen LogP contribution in [0.1, 0.15) is 30.1 Å². The molecule has 0 aliphatic rings. The van der Waals surface area contributed by atoms with Crippen molar-refractivity contribution in [2.45, 2.75) is 25.9 Å². The van der Waals surface area contributed by atoms with Gasteiger partial charge in [-0.3, -0.25) is 4.79 Å². The Morgan fingerprint density at radius 3 is 2.50 bits per heavy atom. The highest BCUT2D eigenvalue weighted by Crippen LogP contribution is 2.07. The Hall–Kier alpha value is -1.84. The summed E-state index contributed by atoms with van der Waals surface area (Å²) in [6.07, 6.45) is -0.0549. The Labute approximate surface area is 93.9 Å². The average Bonchev–Trinajstić information content (AvgIpc) is 2.27. The van der Waals surface area contributed by atoms with E-state index in [1.54, 1.807) is 31.2 Å². The predicted octanol–water partition coefficient (Wildman–Crippen LogP) is 2.10. The maximum atomic E-state index is 11.5.